The molecule has 0 N–H and O–H groups in total. The Morgan fingerprint density at radius 1 is 0.484 bits per heavy atom. The normalized spacial score (nSPS) is 14.1. The number of amidine groups is 1. The maximum absolute atomic E-state index is 5.28. The third kappa shape index (κ3) is 8.64. The highest BCUT2D eigenvalue weighted by atomic mass is 14.9. The van der Waals surface area contributed by atoms with Gasteiger partial charge in [-0.25, -0.2) is 9.98 Å². The molecule has 0 aromatic heterocycles. The molecule has 0 amide bonds. The summed E-state index contributed by atoms with van der Waals surface area (Å²) in [7, 11) is 0. The van der Waals surface area contributed by atoms with Crippen LogP contribution in [0.3, 0.4) is 0 Å². The summed E-state index contributed by atoms with van der Waals surface area (Å²) in [6, 6.07) is 64.4. The van der Waals surface area contributed by atoms with Crippen molar-refractivity contribution in [2.45, 2.75) is 26.2 Å². The van der Waals surface area contributed by atoms with Crippen molar-refractivity contribution in [1.82, 2.24) is 0 Å². The quantitative estimate of drug-likeness (QED) is 0.0973. The standard InChI is InChI=1S/C60H48N2/c1-43(61-60(50-35-20-9-21-36-50)62-44(2)53-39-22-23-40-54(53)45-25-12-5-13-26-45)51-37-24-38-52(41-51)56-42-55(46-27-14-6-15-28-46)57(47-29-16-7-17-30-47)59(49-33-10-3-4-11-34-49)58(56)48-31-18-8-19-32-48/h3,5-22,24-39,41-42H,1,4,23,40H2,2H3. The maximum atomic E-state index is 5.28. The van der Waals surface area contributed by atoms with Gasteiger partial charge in [-0.05, 0) is 111 Å². The molecule has 0 heterocycles. The van der Waals surface area contributed by atoms with Crippen LogP contribution in [0, 0.1) is 0 Å². The number of hydrogen-bond acceptors (Lipinski definition) is 1. The minimum atomic E-state index is 0.628. The Labute approximate surface area is 366 Å². The number of nitrogens with zero attached hydrogens (tertiary/aromatic N) is 2. The molecule has 7 aromatic rings. The first-order valence-corrected chi connectivity index (χ1v) is 21.5. The summed E-state index contributed by atoms with van der Waals surface area (Å²) in [6.45, 7) is 6.69. The molecule has 7 aromatic carbocycles. The molecule has 0 saturated carbocycles. The largest absolute Gasteiger partial charge is 0.233 e. The lowest BCUT2D eigenvalue weighted by molar-refractivity contribution is 1.05. The highest BCUT2D eigenvalue weighted by molar-refractivity contribution is 6.16. The Morgan fingerprint density at radius 3 is 1.68 bits per heavy atom. The average molecular weight is 797 g/mol. The van der Waals surface area contributed by atoms with Crippen molar-refractivity contribution in [2.24, 2.45) is 9.98 Å². The molecule has 0 aliphatic heterocycles. The van der Waals surface area contributed by atoms with Gasteiger partial charge in [0.15, 0.2) is 5.84 Å². The monoisotopic (exact) mass is 796 g/mol. The third-order valence-corrected chi connectivity index (χ3v) is 11.5. The van der Waals surface area contributed by atoms with Gasteiger partial charge in [0.2, 0.25) is 0 Å². The van der Waals surface area contributed by atoms with Crippen LogP contribution in [0.2, 0.25) is 0 Å². The van der Waals surface area contributed by atoms with Gasteiger partial charge in [-0.15, -0.1) is 0 Å². The van der Waals surface area contributed by atoms with Gasteiger partial charge in [-0.2, -0.15) is 0 Å². The van der Waals surface area contributed by atoms with Gasteiger partial charge in [-0.1, -0.05) is 219 Å². The van der Waals surface area contributed by atoms with Gasteiger partial charge < -0.3 is 0 Å². The maximum Gasteiger partial charge on any atom is 0.160 e. The van der Waals surface area contributed by atoms with E-state index in [1.54, 1.807) is 0 Å². The van der Waals surface area contributed by atoms with Crippen molar-refractivity contribution in [2.75, 3.05) is 0 Å². The molecule has 2 aliphatic rings. The van der Waals surface area contributed by atoms with Gasteiger partial charge in [0.1, 0.15) is 0 Å². The Balaban J connectivity index is 1.24. The Morgan fingerprint density at radius 2 is 1.03 bits per heavy atom. The van der Waals surface area contributed by atoms with E-state index in [4.69, 9.17) is 9.98 Å². The Bertz CT molecular complexity index is 2940. The lowest BCUT2D eigenvalue weighted by atomic mass is 9.78. The fraction of sp³-hybridized carbons (Fsp3) is 0.0667. The van der Waals surface area contributed by atoms with Crippen molar-refractivity contribution >= 4 is 28.4 Å². The molecule has 0 radical (unpaired) electrons. The fourth-order valence-electron chi connectivity index (χ4n) is 8.56. The van der Waals surface area contributed by atoms with E-state index in [1.165, 1.54) is 44.5 Å². The van der Waals surface area contributed by atoms with Crippen molar-refractivity contribution in [3.63, 3.8) is 0 Å². The molecule has 0 atom stereocenters. The van der Waals surface area contributed by atoms with E-state index in [-0.39, 0.29) is 0 Å². The zero-order valence-electron chi connectivity index (χ0n) is 35.1. The van der Waals surface area contributed by atoms with Crippen molar-refractivity contribution < 1.29 is 0 Å². The molecule has 0 fully saturated rings. The molecule has 2 heteroatoms. The Hall–Kier alpha value is -7.68. The summed E-state index contributed by atoms with van der Waals surface area (Å²) in [5, 5.41) is 0. The molecular formula is C60H48N2. The predicted octanol–water partition coefficient (Wildman–Crippen LogP) is 15.9. The van der Waals surface area contributed by atoms with Gasteiger partial charge in [-0.3, -0.25) is 0 Å². The zero-order valence-corrected chi connectivity index (χ0v) is 35.1. The molecule has 298 valence electrons. The molecule has 2 nitrogen and oxygen atoms in total. The number of rotatable bonds is 10. The summed E-state index contributed by atoms with van der Waals surface area (Å²) in [6.07, 6.45) is 18.5. The second-order valence-corrected chi connectivity index (χ2v) is 15.6. The van der Waals surface area contributed by atoms with Crippen LogP contribution in [-0.4, -0.2) is 11.5 Å². The number of aliphatic imine (C=N–C) groups is 2. The first kappa shape index (κ1) is 39.8. The van der Waals surface area contributed by atoms with E-state index in [0.717, 1.165) is 63.9 Å². The summed E-state index contributed by atoms with van der Waals surface area (Å²) in [4.78, 5) is 10.5. The lowest BCUT2D eigenvalue weighted by Gasteiger charge is -2.25. The summed E-state index contributed by atoms with van der Waals surface area (Å²) < 4.78 is 0. The number of hydrogen-bond donors (Lipinski definition) is 0. The van der Waals surface area contributed by atoms with Crippen LogP contribution in [0.25, 0.3) is 61.4 Å². The predicted molar refractivity (Wildman–Crippen MR) is 266 cm³/mol. The van der Waals surface area contributed by atoms with Crippen molar-refractivity contribution in [3.8, 4) is 44.5 Å². The summed E-state index contributed by atoms with van der Waals surface area (Å²) in [5.74, 6) is 0.628. The third-order valence-electron chi connectivity index (χ3n) is 11.5. The van der Waals surface area contributed by atoms with Crippen molar-refractivity contribution in [1.29, 1.82) is 0 Å². The van der Waals surface area contributed by atoms with Crippen LogP contribution >= 0.6 is 0 Å². The fourth-order valence-corrected chi connectivity index (χ4v) is 8.56. The van der Waals surface area contributed by atoms with Gasteiger partial charge in [0.25, 0.3) is 0 Å². The van der Waals surface area contributed by atoms with Crippen LogP contribution in [0.4, 0.5) is 0 Å². The number of benzene rings is 7. The van der Waals surface area contributed by atoms with Crippen LogP contribution in [0.15, 0.2) is 247 Å². The van der Waals surface area contributed by atoms with E-state index < -0.39 is 0 Å². The number of allylic oxidation sites excluding steroid dienone is 10. The zero-order chi connectivity index (χ0) is 42.1. The average Bonchev–Trinajstić information content (AvgIpc) is 3.64. The van der Waals surface area contributed by atoms with E-state index in [1.807, 2.05) is 18.2 Å². The van der Waals surface area contributed by atoms with E-state index in [9.17, 15) is 0 Å². The molecule has 0 bridgehead atoms. The first-order valence-electron chi connectivity index (χ1n) is 21.5. The molecule has 0 unspecified atom stereocenters. The highest BCUT2D eigenvalue weighted by Crippen LogP contribution is 2.49. The molecule has 0 spiro atoms. The minimum Gasteiger partial charge on any atom is -0.233 e. The van der Waals surface area contributed by atoms with Gasteiger partial charge in [0.05, 0.1) is 5.70 Å². The van der Waals surface area contributed by atoms with E-state index >= 15 is 0 Å². The molecule has 0 saturated heterocycles. The van der Waals surface area contributed by atoms with Crippen LogP contribution in [0.1, 0.15) is 48.4 Å². The van der Waals surface area contributed by atoms with Crippen molar-refractivity contribution in [3.05, 3.63) is 259 Å². The highest BCUT2D eigenvalue weighted by Gasteiger charge is 2.24. The molecule has 62 heavy (non-hydrogen) atoms. The van der Waals surface area contributed by atoms with Gasteiger partial charge >= 0.3 is 0 Å². The minimum absolute atomic E-state index is 0.628. The molecule has 2 aliphatic carbocycles. The SMILES string of the molecule is C=C(N=C(N=C(C)C1=C(c2ccccc2)CCC=C1)c1ccccc1)c1cccc(-c2cc(-c3ccccc3)c(-c3ccccc3)c(C3=CC=CCC=C3)c2-c2ccccc2)c1. The van der Waals surface area contributed by atoms with Crippen LogP contribution < -0.4 is 0 Å². The second kappa shape index (κ2) is 18.7. The van der Waals surface area contributed by atoms with Crippen LogP contribution in [0.5, 0.6) is 0 Å². The lowest BCUT2D eigenvalue weighted by Crippen LogP contribution is -2.08. The van der Waals surface area contributed by atoms with Gasteiger partial charge in [0, 0.05) is 16.8 Å². The first-order chi connectivity index (χ1) is 30.6. The Kier molecular flexibility index (Phi) is 12.0. The van der Waals surface area contributed by atoms with Crippen LogP contribution in [-0.2, 0) is 0 Å². The molecular weight excluding hydrogens is 749 g/mol. The summed E-state index contributed by atoms with van der Waals surface area (Å²) in [5.41, 5.74) is 18.7. The smallest absolute Gasteiger partial charge is 0.160 e. The van der Waals surface area contributed by atoms with E-state index in [2.05, 4.69) is 220 Å². The van der Waals surface area contributed by atoms with E-state index in [0.29, 0.717) is 11.5 Å². The summed E-state index contributed by atoms with van der Waals surface area (Å²) >= 11 is 0. The second-order valence-electron chi connectivity index (χ2n) is 15.6. The topological polar surface area (TPSA) is 24.7 Å². The molecule has 9 rings (SSSR count).